The lowest BCUT2D eigenvalue weighted by atomic mass is 9.88. The van der Waals surface area contributed by atoms with Crippen LogP contribution in [0, 0.1) is 5.41 Å². The van der Waals surface area contributed by atoms with E-state index in [0.29, 0.717) is 35.0 Å². The lowest BCUT2D eigenvalue weighted by Gasteiger charge is -2.39. The molecule has 2 N–H and O–H groups in total. The minimum atomic E-state index is -1.02. The highest BCUT2D eigenvalue weighted by atomic mass is 19.1. The first kappa shape index (κ1) is 27.7. The van der Waals surface area contributed by atoms with E-state index in [2.05, 4.69) is 21.8 Å². The molecule has 43 heavy (non-hydrogen) atoms. The van der Waals surface area contributed by atoms with Gasteiger partial charge in [-0.25, -0.2) is 23.7 Å². The highest BCUT2D eigenvalue weighted by molar-refractivity contribution is 5.77. The second kappa shape index (κ2) is 9.99. The molecule has 0 amide bonds. The number of rotatable bonds is 7. The van der Waals surface area contributed by atoms with Crippen molar-refractivity contribution < 1.29 is 9.50 Å². The van der Waals surface area contributed by atoms with Gasteiger partial charge in [-0.15, -0.1) is 6.58 Å². The molecular formula is C32H37FN8O2. The van der Waals surface area contributed by atoms with Gasteiger partial charge in [-0.1, -0.05) is 12.1 Å². The SMILES string of the molecule is C=CCn1c(=O)c2cnc(Nc3ccc(N4CCC(N(C)C)[C@@H](F)C4)cc3)nc2n1-c1ccc2c(n1)[C@@](C)(O)C1(CC1)C2. The minimum Gasteiger partial charge on any atom is -0.383 e. The van der Waals surface area contributed by atoms with Crippen molar-refractivity contribution in [2.24, 2.45) is 5.41 Å². The van der Waals surface area contributed by atoms with Crippen LogP contribution in [-0.4, -0.2) is 73.7 Å². The molecule has 3 aromatic heterocycles. The Hall–Kier alpha value is -4.09. The summed E-state index contributed by atoms with van der Waals surface area (Å²) in [5.74, 6) is 0.828. The van der Waals surface area contributed by atoms with Crippen LogP contribution in [0.2, 0.25) is 0 Å². The Balaban J connectivity index is 1.19. The summed E-state index contributed by atoms with van der Waals surface area (Å²) in [6.45, 7) is 7.09. The fourth-order valence-corrected chi connectivity index (χ4v) is 6.96. The number of nitrogens with zero attached hydrogens (tertiary/aromatic N) is 7. The average Bonchev–Trinajstić information content (AvgIpc) is 3.68. The van der Waals surface area contributed by atoms with Gasteiger partial charge < -0.3 is 20.2 Å². The monoisotopic (exact) mass is 584 g/mol. The first-order chi connectivity index (χ1) is 20.6. The van der Waals surface area contributed by atoms with Gasteiger partial charge in [0.05, 0.1) is 18.8 Å². The number of nitrogens with one attached hydrogen (secondary N) is 1. The summed E-state index contributed by atoms with van der Waals surface area (Å²) >= 11 is 0. The zero-order chi connectivity index (χ0) is 30.1. The molecule has 0 radical (unpaired) electrons. The normalized spacial score (nSPS) is 24.1. The number of anilines is 3. The van der Waals surface area contributed by atoms with E-state index < -0.39 is 11.8 Å². The van der Waals surface area contributed by atoms with Crippen molar-refractivity contribution in [2.45, 2.75) is 57.0 Å². The minimum absolute atomic E-state index is 0.0574. The molecule has 4 heterocycles. The van der Waals surface area contributed by atoms with Crippen molar-refractivity contribution in [1.29, 1.82) is 0 Å². The Morgan fingerprint density at radius 1 is 1.19 bits per heavy atom. The Bertz CT molecular complexity index is 1770. The van der Waals surface area contributed by atoms with Crippen LogP contribution in [0.15, 0.2) is 60.0 Å². The lowest BCUT2D eigenvalue weighted by Crippen LogP contribution is -2.50. The molecule has 10 nitrogen and oxygen atoms in total. The Labute approximate surface area is 249 Å². The van der Waals surface area contributed by atoms with Crippen molar-refractivity contribution in [2.75, 3.05) is 37.4 Å². The van der Waals surface area contributed by atoms with E-state index in [1.54, 1.807) is 10.8 Å². The molecule has 2 aliphatic carbocycles. The predicted molar refractivity (Wildman–Crippen MR) is 165 cm³/mol. The molecule has 1 spiro atoms. The van der Waals surface area contributed by atoms with E-state index in [4.69, 9.17) is 9.97 Å². The smallest absolute Gasteiger partial charge is 0.278 e. The van der Waals surface area contributed by atoms with E-state index in [0.717, 1.165) is 49.2 Å². The molecule has 4 aromatic rings. The molecule has 11 heteroatoms. The van der Waals surface area contributed by atoms with Crippen molar-refractivity contribution >= 4 is 28.4 Å². The third-order valence-corrected chi connectivity index (χ3v) is 9.69. The third-order valence-electron chi connectivity index (χ3n) is 9.69. The van der Waals surface area contributed by atoms with Crippen LogP contribution in [0.3, 0.4) is 0 Å². The molecule has 3 atom stereocenters. The molecule has 1 aromatic carbocycles. The number of benzene rings is 1. The molecule has 0 bridgehead atoms. The zero-order valence-corrected chi connectivity index (χ0v) is 24.8. The lowest BCUT2D eigenvalue weighted by molar-refractivity contribution is -0.0102. The number of pyridine rings is 1. The van der Waals surface area contributed by atoms with Gasteiger partial charge in [0.1, 0.15) is 17.2 Å². The third kappa shape index (κ3) is 4.44. The zero-order valence-electron chi connectivity index (χ0n) is 24.8. The van der Waals surface area contributed by atoms with Gasteiger partial charge in [0.15, 0.2) is 11.5 Å². The number of piperidine rings is 1. The number of fused-ring (bicyclic) bond motifs is 2. The number of hydrogen-bond acceptors (Lipinski definition) is 8. The van der Waals surface area contributed by atoms with Crippen LogP contribution in [0.4, 0.5) is 21.7 Å². The van der Waals surface area contributed by atoms with Crippen molar-refractivity contribution in [3.05, 3.63) is 76.9 Å². The summed E-state index contributed by atoms with van der Waals surface area (Å²) < 4.78 is 18.0. The maximum absolute atomic E-state index is 14.7. The van der Waals surface area contributed by atoms with Crippen LogP contribution >= 0.6 is 0 Å². The molecular weight excluding hydrogens is 547 g/mol. The van der Waals surface area contributed by atoms with E-state index >= 15 is 0 Å². The summed E-state index contributed by atoms with van der Waals surface area (Å²) in [7, 11) is 3.85. The van der Waals surface area contributed by atoms with Crippen LogP contribution in [-0.2, 0) is 18.6 Å². The molecule has 3 aliphatic rings. The van der Waals surface area contributed by atoms with Gasteiger partial charge in [-0.2, -0.15) is 4.98 Å². The maximum Gasteiger partial charge on any atom is 0.278 e. The second-order valence-corrected chi connectivity index (χ2v) is 12.6. The van der Waals surface area contributed by atoms with Crippen molar-refractivity contribution in [3.8, 4) is 5.82 Å². The maximum atomic E-state index is 14.7. The number of alkyl halides is 1. The fourth-order valence-electron chi connectivity index (χ4n) is 6.96. The highest BCUT2D eigenvalue weighted by Gasteiger charge is 2.62. The fraction of sp³-hybridized carbons (Fsp3) is 0.438. The Kier molecular flexibility index (Phi) is 6.44. The van der Waals surface area contributed by atoms with Crippen LogP contribution in [0.5, 0.6) is 0 Å². The van der Waals surface area contributed by atoms with E-state index in [9.17, 15) is 14.3 Å². The van der Waals surface area contributed by atoms with E-state index in [1.165, 1.54) is 10.9 Å². The topological polar surface area (TPSA) is 104 Å². The summed E-state index contributed by atoms with van der Waals surface area (Å²) in [5, 5.41) is 15.0. The van der Waals surface area contributed by atoms with Crippen LogP contribution in [0.25, 0.3) is 16.9 Å². The summed E-state index contributed by atoms with van der Waals surface area (Å²) in [6.07, 6.45) is 5.81. The Morgan fingerprint density at radius 2 is 1.95 bits per heavy atom. The number of aromatic nitrogens is 5. The largest absolute Gasteiger partial charge is 0.383 e. The van der Waals surface area contributed by atoms with Gasteiger partial charge in [-0.3, -0.25) is 4.79 Å². The molecule has 7 rings (SSSR count). The number of hydrogen-bond donors (Lipinski definition) is 2. The van der Waals surface area contributed by atoms with Crippen molar-refractivity contribution in [1.82, 2.24) is 29.2 Å². The Morgan fingerprint density at radius 3 is 2.63 bits per heavy atom. The van der Waals surface area contributed by atoms with E-state index in [-0.39, 0.29) is 23.6 Å². The van der Waals surface area contributed by atoms with Gasteiger partial charge in [0.2, 0.25) is 5.95 Å². The summed E-state index contributed by atoms with van der Waals surface area (Å²) in [6, 6.07) is 11.6. The molecule has 1 saturated carbocycles. The number of aliphatic hydroxyl groups is 1. The standard InChI is InChI=1S/C32H37FN8O2/c1-5-15-40-29(42)23-18-34-30(35-21-7-9-22(10-8-21)39-16-12-25(38(3)4)24(33)19-39)37-28(23)41(40)26-11-6-20-17-32(13-14-32)31(2,43)27(20)36-26/h5-11,18,24-25,43H,1,12-17,19H2,2-4H3,(H,34,35,37)/t24-,25?,31+/m0/s1. The molecule has 224 valence electrons. The quantitative estimate of drug-likeness (QED) is 0.315. The molecule has 1 aliphatic heterocycles. The van der Waals surface area contributed by atoms with E-state index in [1.807, 2.05) is 62.3 Å². The van der Waals surface area contributed by atoms with Gasteiger partial charge in [0.25, 0.3) is 5.56 Å². The summed E-state index contributed by atoms with van der Waals surface area (Å²) in [4.78, 5) is 31.5. The first-order valence-corrected chi connectivity index (χ1v) is 14.9. The second-order valence-electron chi connectivity index (χ2n) is 12.6. The first-order valence-electron chi connectivity index (χ1n) is 14.9. The summed E-state index contributed by atoms with van der Waals surface area (Å²) in [5.41, 5.74) is 2.45. The molecule has 2 fully saturated rings. The van der Waals surface area contributed by atoms with Crippen molar-refractivity contribution in [3.63, 3.8) is 0 Å². The van der Waals surface area contributed by atoms with Gasteiger partial charge in [0, 0.05) is 35.6 Å². The van der Waals surface area contributed by atoms with Gasteiger partial charge >= 0.3 is 0 Å². The molecule has 1 unspecified atom stereocenters. The van der Waals surface area contributed by atoms with Crippen LogP contribution in [0.1, 0.15) is 37.4 Å². The predicted octanol–water partition coefficient (Wildman–Crippen LogP) is 3.93. The molecule has 1 saturated heterocycles. The number of halogens is 1. The average molecular weight is 585 g/mol. The van der Waals surface area contributed by atoms with Crippen LogP contribution < -0.4 is 15.8 Å². The number of allylic oxidation sites excluding steroid dienone is 1. The van der Waals surface area contributed by atoms with Gasteiger partial charge in [-0.05, 0) is 82.6 Å². The highest BCUT2D eigenvalue weighted by Crippen LogP contribution is 2.64.